The van der Waals surface area contributed by atoms with Gasteiger partial charge in [0.05, 0.1) is 5.75 Å². The third-order valence-electron chi connectivity index (χ3n) is 2.89. The van der Waals surface area contributed by atoms with Crippen LogP contribution >= 0.6 is 0 Å². The van der Waals surface area contributed by atoms with Crippen molar-refractivity contribution in [3.8, 4) is 0 Å². The Morgan fingerprint density at radius 3 is 2.54 bits per heavy atom. The third-order valence-corrected chi connectivity index (χ3v) is 3.74. The summed E-state index contributed by atoms with van der Waals surface area (Å²) < 4.78 is 19.3. The molecule has 2 nitrogen and oxygen atoms in total. The van der Waals surface area contributed by atoms with Crippen molar-refractivity contribution in [1.82, 2.24) is 0 Å². The monoisotopic (exact) mass is 204 g/mol. The van der Waals surface area contributed by atoms with E-state index in [1.807, 2.05) is 0 Å². The molecule has 1 saturated carbocycles. The SMILES string of the molecule is CC(CC1CCCCC1)CS(=O)O. The van der Waals surface area contributed by atoms with Crippen LogP contribution in [0, 0.1) is 11.8 Å². The number of hydrogen-bond donors (Lipinski definition) is 1. The highest BCUT2D eigenvalue weighted by molar-refractivity contribution is 7.79. The normalized spacial score (nSPS) is 24.2. The van der Waals surface area contributed by atoms with Gasteiger partial charge in [-0.3, -0.25) is 0 Å². The van der Waals surface area contributed by atoms with Crippen LogP contribution in [0.2, 0.25) is 0 Å². The molecule has 3 heteroatoms. The van der Waals surface area contributed by atoms with Crippen LogP contribution < -0.4 is 0 Å². The summed E-state index contributed by atoms with van der Waals surface area (Å²) >= 11 is -1.60. The molecule has 1 rings (SSSR count). The summed E-state index contributed by atoms with van der Waals surface area (Å²) in [6.07, 6.45) is 7.92. The predicted molar refractivity (Wildman–Crippen MR) is 56.0 cm³/mol. The van der Waals surface area contributed by atoms with Gasteiger partial charge in [0.25, 0.3) is 0 Å². The Hall–Kier alpha value is 0.110. The zero-order valence-corrected chi connectivity index (χ0v) is 9.18. The summed E-state index contributed by atoms with van der Waals surface area (Å²) in [7, 11) is 0. The first-order chi connectivity index (χ1) is 6.18. The minimum Gasteiger partial charge on any atom is -0.306 e. The molecule has 0 spiro atoms. The predicted octanol–water partition coefficient (Wildman–Crippen LogP) is 2.81. The second-order valence-corrected chi connectivity index (χ2v) is 5.31. The Morgan fingerprint density at radius 1 is 1.38 bits per heavy atom. The zero-order chi connectivity index (χ0) is 9.68. The molecule has 78 valence electrons. The van der Waals surface area contributed by atoms with Crippen molar-refractivity contribution >= 4 is 11.1 Å². The van der Waals surface area contributed by atoms with Gasteiger partial charge in [-0.1, -0.05) is 39.0 Å². The molecular formula is C10H20O2S. The van der Waals surface area contributed by atoms with E-state index in [9.17, 15) is 4.21 Å². The second-order valence-electron chi connectivity index (χ2n) is 4.33. The van der Waals surface area contributed by atoms with Gasteiger partial charge in [0, 0.05) is 0 Å². The van der Waals surface area contributed by atoms with Crippen LogP contribution in [-0.4, -0.2) is 14.5 Å². The summed E-state index contributed by atoms with van der Waals surface area (Å²) in [4.78, 5) is 0. The third kappa shape index (κ3) is 4.77. The van der Waals surface area contributed by atoms with Crippen LogP contribution in [0.5, 0.6) is 0 Å². The second kappa shape index (κ2) is 5.76. The van der Waals surface area contributed by atoms with Crippen molar-refractivity contribution in [2.24, 2.45) is 11.8 Å². The lowest BCUT2D eigenvalue weighted by Gasteiger charge is -2.23. The summed E-state index contributed by atoms with van der Waals surface area (Å²) in [5, 5.41) is 0. The largest absolute Gasteiger partial charge is 0.306 e. The topological polar surface area (TPSA) is 37.3 Å². The van der Waals surface area contributed by atoms with Gasteiger partial charge in [0.15, 0.2) is 11.1 Å². The maximum Gasteiger partial charge on any atom is 0.153 e. The van der Waals surface area contributed by atoms with E-state index in [4.69, 9.17) is 4.55 Å². The van der Waals surface area contributed by atoms with Crippen molar-refractivity contribution < 1.29 is 8.76 Å². The molecule has 0 radical (unpaired) electrons. The van der Waals surface area contributed by atoms with Gasteiger partial charge >= 0.3 is 0 Å². The molecule has 1 N–H and O–H groups in total. The highest BCUT2D eigenvalue weighted by Crippen LogP contribution is 2.28. The van der Waals surface area contributed by atoms with Crippen LogP contribution in [0.1, 0.15) is 45.4 Å². The summed E-state index contributed by atoms with van der Waals surface area (Å²) in [6.45, 7) is 2.09. The van der Waals surface area contributed by atoms with Crippen LogP contribution in [0.15, 0.2) is 0 Å². The Morgan fingerprint density at radius 2 is 2.00 bits per heavy atom. The molecule has 0 aromatic carbocycles. The lowest BCUT2D eigenvalue weighted by Crippen LogP contribution is -2.14. The summed E-state index contributed by atoms with van der Waals surface area (Å²) in [5.41, 5.74) is 0. The minimum absolute atomic E-state index is 0.411. The lowest BCUT2D eigenvalue weighted by atomic mass is 9.84. The van der Waals surface area contributed by atoms with Crippen LogP contribution in [0.25, 0.3) is 0 Å². The molecule has 0 amide bonds. The average Bonchev–Trinajstić information content (AvgIpc) is 2.04. The molecule has 0 aliphatic heterocycles. The standard InChI is InChI=1S/C10H20O2S/c1-9(8-13(11)12)7-10-5-3-2-4-6-10/h9-10H,2-8H2,1H3,(H,11,12). The quantitative estimate of drug-likeness (QED) is 0.715. The van der Waals surface area contributed by atoms with Gasteiger partial charge in [0.1, 0.15) is 0 Å². The van der Waals surface area contributed by atoms with Gasteiger partial charge in [-0.05, 0) is 18.3 Å². The van der Waals surface area contributed by atoms with Crippen LogP contribution in [0.4, 0.5) is 0 Å². The Kier molecular flexibility index (Phi) is 4.96. The molecule has 1 fully saturated rings. The molecule has 0 aromatic rings. The smallest absolute Gasteiger partial charge is 0.153 e. The molecule has 13 heavy (non-hydrogen) atoms. The summed E-state index contributed by atoms with van der Waals surface area (Å²) in [6, 6.07) is 0. The fraction of sp³-hybridized carbons (Fsp3) is 1.00. The van der Waals surface area contributed by atoms with E-state index in [1.165, 1.54) is 32.1 Å². The summed E-state index contributed by atoms with van der Waals surface area (Å²) in [5.74, 6) is 1.69. The van der Waals surface area contributed by atoms with Crippen molar-refractivity contribution in [1.29, 1.82) is 0 Å². The van der Waals surface area contributed by atoms with Crippen LogP contribution in [-0.2, 0) is 11.1 Å². The van der Waals surface area contributed by atoms with Crippen molar-refractivity contribution in [2.75, 3.05) is 5.75 Å². The Balaban J connectivity index is 2.18. The van der Waals surface area contributed by atoms with Crippen LogP contribution in [0.3, 0.4) is 0 Å². The number of rotatable bonds is 4. The maximum atomic E-state index is 10.6. The van der Waals surface area contributed by atoms with Gasteiger partial charge in [-0.2, -0.15) is 0 Å². The first kappa shape index (κ1) is 11.2. The maximum absolute atomic E-state index is 10.6. The van der Waals surface area contributed by atoms with E-state index in [0.717, 1.165) is 12.3 Å². The lowest BCUT2D eigenvalue weighted by molar-refractivity contribution is 0.305. The van der Waals surface area contributed by atoms with E-state index in [2.05, 4.69) is 6.92 Å². The molecular weight excluding hydrogens is 184 g/mol. The van der Waals surface area contributed by atoms with Crippen molar-refractivity contribution in [2.45, 2.75) is 45.4 Å². The van der Waals surface area contributed by atoms with Gasteiger partial charge in [-0.25, -0.2) is 4.21 Å². The van der Waals surface area contributed by atoms with E-state index < -0.39 is 11.1 Å². The van der Waals surface area contributed by atoms with E-state index >= 15 is 0 Å². The highest BCUT2D eigenvalue weighted by Gasteiger charge is 2.17. The van der Waals surface area contributed by atoms with Gasteiger partial charge in [0.2, 0.25) is 0 Å². The fourth-order valence-corrected chi connectivity index (χ4v) is 2.93. The first-order valence-electron chi connectivity index (χ1n) is 5.26. The molecule has 0 saturated heterocycles. The van der Waals surface area contributed by atoms with Gasteiger partial charge in [-0.15, -0.1) is 0 Å². The van der Waals surface area contributed by atoms with Crippen molar-refractivity contribution in [3.05, 3.63) is 0 Å². The molecule has 0 aromatic heterocycles. The van der Waals surface area contributed by atoms with Crippen molar-refractivity contribution in [3.63, 3.8) is 0 Å². The van der Waals surface area contributed by atoms with E-state index in [-0.39, 0.29) is 0 Å². The molecule has 1 aliphatic carbocycles. The molecule has 0 bridgehead atoms. The fourth-order valence-electron chi connectivity index (χ4n) is 2.30. The Labute approximate surface area is 83.4 Å². The number of hydrogen-bond acceptors (Lipinski definition) is 1. The molecule has 0 heterocycles. The highest BCUT2D eigenvalue weighted by atomic mass is 32.2. The molecule has 1 aliphatic rings. The Bertz CT molecular complexity index is 164. The zero-order valence-electron chi connectivity index (χ0n) is 8.37. The van der Waals surface area contributed by atoms with E-state index in [0.29, 0.717) is 11.7 Å². The van der Waals surface area contributed by atoms with Gasteiger partial charge < -0.3 is 4.55 Å². The minimum atomic E-state index is -1.60. The first-order valence-corrected chi connectivity index (χ1v) is 6.53. The van der Waals surface area contributed by atoms with E-state index in [1.54, 1.807) is 0 Å². The molecule has 2 atom stereocenters. The average molecular weight is 204 g/mol. The molecule has 2 unspecified atom stereocenters.